The molecule has 0 aliphatic rings. The Kier molecular flexibility index (Phi) is 6.10. The van der Waals surface area contributed by atoms with Gasteiger partial charge in [0, 0.05) is 22.9 Å². The molecule has 1 atom stereocenters. The average molecular weight is 453 g/mol. The van der Waals surface area contributed by atoms with E-state index >= 15 is 0 Å². The predicted molar refractivity (Wildman–Crippen MR) is 115 cm³/mol. The van der Waals surface area contributed by atoms with Crippen molar-refractivity contribution in [2.75, 3.05) is 11.6 Å². The minimum atomic E-state index is -3.54. The summed E-state index contributed by atoms with van der Waals surface area (Å²) in [4.78, 5) is 12.5. The number of halogens is 2. The van der Waals surface area contributed by atoms with Crippen molar-refractivity contribution in [1.29, 1.82) is 0 Å². The number of furan rings is 1. The first-order valence-corrected chi connectivity index (χ1v) is 11.5. The second kappa shape index (κ2) is 8.28. The van der Waals surface area contributed by atoms with E-state index in [1.807, 2.05) is 20.8 Å². The van der Waals surface area contributed by atoms with Gasteiger partial charge in [-0.2, -0.15) is 0 Å². The summed E-state index contributed by atoms with van der Waals surface area (Å²) in [5.74, 6) is 0.138. The van der Waals surface area contributed by atoms with Gasteiger partial charge >= 0.3 is 6.03 Å². The number of benzene rings is 2. The fourth-order valence-electron chi connectivity index (χ4n) is 3.22. The highest BCUT2D eigenvalue weighted by Gasteiger charge is 2.25. The van der Waals surface area contributed by atoms with E-state index in [1.54, 1.807) is 6.07 Å². The third-order valence-electron chi connectivity index (χ3n) is 4.76. The Labute approximate surface area is 179 Å². The molecule has 0 radical (unpaired) electrons. The van der Waals surface area contributed by atoms with Crippen LogP contribution in [0.5, 0.6) is 0 Å². The normalized spacial score (nSPS) is 12.9. The standard InChI is InChI=1S/C21H22ClFN2O4S/c1-11(2)19(20-12(3)15-9-13(23)5-8-17(15)29-20)25-21(26)24-14-6-7-16(22)18(10-14)30(4,27)28/h5-11,19H,1-4H3,(H2,24,25,26). The molecule has 160 valence electrons. The fourth-order valence-corrected chi connectivity index (χ4v) is 4.52. The number of sulfone groups is 1. The number of nitrogens with one attached hydrogen (secondary N) is 2. The number of urea groups is 1. The highest BCUT2D eigenvalue weighted by atomic mass is 35.5. The van der Waals surface area contributed by atoms with E-state index in [9.17, 15) is 17.6 Å². The van der Waals surface area contributed by atoms with Gasteiger partial charge in [-0.1, -0.05) is 25.4 Å². The highest BCUT2D eigenvalue weighted by Crippen LogP contribution is 2.33. The molecule has 9 heteroatoms. The minimum Gasteiger partial charge on any atom is -0.459 e. The Hall–Kier alpha value is -2.58. The van der Waals surface area contributed by atoms with Crippen LogP contribution < -0.4 is 10.6 Å². The lowest BCUT2D eigenvalue weighted by atomic mass is 9.98. The van der Waals surface area contributed by atoms with Crippen LogP contribution in [0.15, 0.2) is 45.7 Å². The molecule has 30 heavy (non-hydrogen) atoms. The number of rotatable bonds is 5. The van der Waals surface area contributed by atoms with Crippen LogP contribution in [0.2, 0.25) is 5.02 Å². The first-order valence-electron chi connectivity index (χ1n) is 9.23. The molecule has 0 bridgehead atoms. The summed E-state index contributed by atoms with van der Waals surface area (Å²) < 4.78 is 43.2. The summed E-state index contributed by atoms with van der Waals surface area (Å²) in [7, 11) is -3.54. The first kappa shape index (κ1) is 22.1. The first-order chi connectivity index (χ1) is 14.0. The molecule has 6 nitrogen and oxygen atoms in total. The maximum absolute atomic E-state index is 13.6. The lowest BCUT2D eigenvalue weighted by molar-refractivity contribution is 0.241. The molecule has 2 amide bonds. The van der Waals surface area contributed by atoms with E-state index in [0.717, 1.165) is 11.8 Å². The molecule has 0 saturated carbocycles. The summed E-state index contributed by atoms with van der Waals surface area (Å²) in [5, 5.41) is 6.20. The third-order valence-corrected chi connectivity index (χ3v) is 6.34. The molecule has 0 aliphatic heterocycles. The van der Waals surface area contributed by atoms with E-state index < -0.39 is 21.9 Å². The smallest absolute Gasteiger partial charge is 0.319 e. The van der Waals surface area contributed by atoms with Gasteiger partial charge in [-0.05, 0) is 49.2 Å². The number of carbonyl (C=O) groups excluding carboxylic acids is 1. The molecule has 0 aliphatic carbocycles. The maximum atomic E-state index is 13.6. The minimum absolute atomic E-state index is 0.0309. The second-order valence-corrected chi connectivity index (χ2v) is 9.86. The Bertz CT molecular complexity index is 1220. The number of fused-ring (bicyclic) bond motifs is 1. The van der Waals surface area contributed by atoms with Crippen molar-refractivity contribution in [2.24, 2.45) is 5.92 Å². The molecule has 2 N–H and O–H groups in total. The SMILES string of the molecule is Cc1c(C(NC(=O)Nc2ccc(Cl)c(S(C)(=O)=O)c2)C(C)C)oc2ccc(F)cc12. The Morgan fingerprint density at radius 3 is 2.50 bits per heavy atom. The van der Waals surface area contributed by atoms with Crippen molar-refractivity contribution < 1.29 is 22.0 Å². The van der Waals surface area contributed by atoms with Crippen LogP contribution in [-0.4, -0.2) is 20.7 Å². The molecule has 0 fully saturated rings. The maximum Gasteiger partial charge on any atom is 0.319 e. The lowest BCUT2D eigenvalue weighted by Gasteiger charge is -2.21. The largest absolute Gasteiger partial charge is 0.459 e. The van der Waals surface area contributed by atoms with Crippen LogP contribution in [0.4, 0.5) is 14.9 Å². The summed E-state index contributed by atoms with van der Waals surface area (Å²) in [6, 6.07) is 7.47. The Morgan fingerprint density at radius 1 is 1.17 bits per heavy atom. The van der Waals surface area contributed by atoms with Gasteiger partial charge in [-0.15, -0.1) is 0 Å². The molecule has 1 aromatic heterocycles. The van der Waals surface area contributed by atoms with Crippen LogP contribution in [0.25, 0.3) is 11.0 Å². The third kappa shape index (κ3) is 4.60. The van der Waals surface area contributed by atoms with Gasteiger partial charge in [-0.25, -0.2) is 17.6 Å². The van der Waals surface area contributed by atoms with Crippen LogP contribution in [0, 0.1) is 18.7 Å². The van der Waals surface area contributed by atoms with E-state index in [4.69, 9.17) is 16.0 Å². The summed E-state index contributed by atoms with van der Waals surface area (Å²) >= 11 is 5.94. The topological polar surface area (TPSA) is 88.4 Å². The molecular formula is C21H22ClFN2O4S. The molecule has 3 rings (SSSR count). The van der Waals surface area contributed by atoms with Gasteiger partial charge in [0.15, 0.2) is 9.84 Å². The summed E-state index contributed by atoms with van der Waals surface area (Å²) in [6.07, 6.45) is 1.04. The lowest BCUT2D eigenvalue weighted by Crippen LogP contribution is -2.35. The quantitative estimate of drug-likeness (QED) is 0.538. The summed E-state index contributed by atoms with van der Waals surface area (Å²) in [6.45, 7) is 5.65. The average Bonchev–Trinajstić information content (AvgIpc) is 2.96. The van der Waals surface area contributed by atoms with Gasteiger partial charge < -0.3 is 15.1 Å². The van der Waals surface area contributed by atoms with E-state index in [-0.39, 0.29) is 27.3 Å². The molecule has 0 saturated heterocycles. The van der Waals surface area contributed by atoms with Crippen molar-refractivity contribution in [3.63, 3.8) is 0 Å². The number of hydrogen-bond acceptors (Lipinski definition) is 4. The van der Waals surface area contributed by atoms with Gasteiger partial charge in [0.05, 0.1) is 16.0 Å². The van der Waals surface area contributed by atoms with Crippen molar-refractivity contribution in [2.45, 2.75) is 31.7 Å². The van der Waals surface area contributed by atoms with E-state index in [0.29, 0.717) is 16.7 Å². The van der Waals surface area contributed by atoms with Gasteiger partial charge in [0.1, 0.15) is 17.2 Å². The zero-order valence-corrected chi connectivity index (χ0v) is 18.5. The number of carbonyl (C=O) groups is 1. The molecule has 2 aromatic carbocycles. The van der Waals surface area contributed by atoms with Crippen LogP contribution in [0.3, 0.4) is 0 Å². The molecule has 1 unspecified atom stereocenters. The van der Waals surface area contributed by atoms with Crippen molar-refractivity contribution in [3.05, 3.63) is 58.6 Å². The van der Waals surface area contributed by atoms with Crippen molar-refractivity contribution >= 4 is 44.1 Å². The van der Waals surface area contributed by atoms with E-state index in [2.05, 4.69) is 10.6 Å². The van der Waals surface area contributed by atoms with Crippen molar-refractivity contribution in [3.8, 4) is 0 Å². The molecule has 0 spiro atoms. The van der Waals surface area contributed by atoms with Crippen LogP contribution in [0.1, 0.15) is 31.2 Å². The zero-order valence-electron chi connectivity index (χ0n) is 16.9. The Balaban J connectivity index is 1.86. The zero-order chi connectivity index (χ0) is 22.2. The molecule has 1 heterocycles. The van der Waals surface area contributed by atoms with Crippen LogP contribution in [-0.2, 0) is 9.84 Å². The van der Waals surface area contributed by atoms with E-state index in [1.165, 1.54) is 30.3 Å². The molecule has 3 aromatic rings. The highest BCUT2D eigenvalue weighted by molar-refractivity contribution is 7.90. The number of aryl methyl sites for hydroxylation is 1. The molecular weight excluding hydrogens is 431 g/mol. The summed E-state index contributed by atoms with van der Waals surface area (Å²) in [5.41, 5.74) is 1.56. The second-order valence-electron chi connectivity index (χ2n) is 7.47. The Morgan fingerprint density at radius 2 is 1.87 bits per heavy atom. The predicted octanol–water partition coefficient (Wildman–Crippen LogP) is 5.46. The number of amides is 2. The number of hydrogen-bond donors (Lipinski definition) is 2. The van der Waals surface area contributed by atoms with Crippen LogP contribution >= 0.6 is 11.6 Å². The van der Waals surface area contributed by atoms with Gasteiger partial charge in [-0.3, -0.25) is 0 Å². The van der Waals surface area contributed by atoms with Crippen molar-refractivity contribution in [1.82, 2.24) is 5.32 Å². The fraction of sp³-hybridized carbons (Fsp3) is 0.286. The number of anilines is 1. The van der Waals surface area contributed by atoms with Gasteiger partial charge in [0.2, 0.25) is 0 Å². The van der Waals surface area contributed by atoms with Gasteiger partial charge in [0.25, 0.3) is 0 Å². The monoisotopic (exact) mass is 452 g/mol.